The van der Waals surface area contributed by atoms with Crippen LogP contribution in [0, 0.1) is 0 Å². The second kappa shape index (κ2) is 2.46. The highest BCUT2D eigenvalue weighted by atomic mass is 16.5. The van der Waals surface area contributed by atoms with E-state index in [1.807, 2.05) is 0 Å². The summed E-state index contributed by atoms with van der Waals surface area (Å²) in [6, 6.07) is 0. The Labute approximate surface area is 69.3 Å². The Kier molecular flexibility index (Phi) is 2.01. The van der Waals surface area contributed by atoms with Crippen LogP contribution in [0.3, 0.4) is 0 Å². The summed E-state index contributed by atoms with van der Waals surface area (Å²) < 4.78 is 5.65. The number of hydrogen-bond acceptors (Lipinski definition) is 2. The Morgan fingerprint density at radius 3 is 2.18 bits per heavy atom. The Morgan fingerprint density at radius 1 is 1.27 bits per heavy atom. The standard InChI is InChI=1S/C9H19NO/c1-7-9(4,5)10-8(2,3)6-11-7/h7,10H,6H2,1-5H3. The van der Waals surface area contributed by atoms with Crippen LogP contribution in [-0.4, -0.2) is 23.8 Å². The molecule has 2 nitrogen and oxygen atoms in total. The van der Waals surface area contributed by atoms with Crippen LogP contribution in [0.25, 0.3) is 0 Å². The lowest BCUT2D eigenvalue weighted by Crippen LogP contribution is -2.64. The van der Waals surface area contributed by atoms with E-state index in [4.69, 9.17) is 4.74 Å². The van der Waals surface area contributed by atoms with Gasteiger partial charge in [0.15, 0.2) is 0 Å². The van der Waals surface area contributed by atoms with Gasteiger partial charge in [0.2, 0.25) is 0 Å². The van der Waals surface area contributed by atoms with Gasteiger partial charge < -0.3 is 10.1 Å². The van der Waals surface area contributed by atoms with Crippen LogP contribution >= 0.6 is 0 Å². The van der Waals surface area contributed by atoms with Crippen LogP contribution in [0.1, 0.15) is 34.6 Å². The third kappa shape index (κ3) is 1.94. The number of morpholine rings is 1. The predicted molar refractivity (Wildman–Crippen MR) is 46.7 cm³/mol. The molecule has 1 atom stereocenters. The summed E-state index contributed by atoms with van der Waals surface area (Å²) in [6.45, 7) is 11.6. The second-order valence-electron chi connectivity index (χ2n) is 4.68. The molecular formula is C9H19NO. The molecule has 0 aromatic rings. The monoisotopic (exact) mass is 157 g/mol. The van der Waals surface area contributed by atoms with Crippen LogP contribution < -0.4 is 5.32 Å². The van der Waals surface area contributed by atoms with E-state index >= 15 is 0 Å². The Hall–Kier alpha value is -0.0800. The molecule has 0 aliphatic carbocycles. The molecule has 2 heteroatoms. The number of nitrogens with one attached hydrogen (secondary N) is 1. The molecule has 1 aliphatic rings. The Morgan fingerprint density at radius 2 is 1.82 bits per heavy atom. The second-order valence-corrected chi connectivity index (χ2v) is 4.68. The van der Waals surface area contributed by atoms with Gasteiger partial charge in [-0.2, -0.15) is 0 Å². The molecule has 1 fully saturated rings. The van der Waals surface area contributed by atoms with E-state index in [0.29, 0.717) is 6.10 Å². The smallest absolute Gasteiger partial charge is 0.0724 e. The highest BCUT2D eigenvalue weighted by molar-refractivity contribution is 4.96. The number of rotatable bonds is 0. The van der Waals surface area contributed by atoms with Crippen LogP contribution in [-0.2, 0) is 4.74 Å². The van der Waals surface area contributed by atoms with Crippen molar-refractivity contribution in [2.24, 2.45) is 0 Å². The van der Waals surface area contributed by atoms with Crippen molar-refractivity contribution in [1.29, 1.82) is 0 Å². The van der Waals surface area contributed by atoms with E-state index in [-0.39, 0.29) is 11.1 Å². The molecule has 1 saturated heterocycles. The number of ether oxygens (including phenoxy) is 1. The maximum absolute atomic E-state index is 5.65. The normalized spacial score (nSPS) is 35.2. The van der Waals surface area contributed by atoms with Crippen LogP contribution in [0.5, 0.6) is 0 Å². The predicted octanol–water partition coefficient (Wildman–Crippen LogP) is 1.55. The molecular weight excluding hydrogens is 138 g/mol. The molecule has 1 unspecified atom stereocenters. The fourth-order valence-corrected chi connectivity index (χ4v) is 1.55. The molecule has 0 amide bonds. The minimum atomic E-state index is 0.0990. The zero-order chi connectivity index (χ0) is 8.70. The molecule has 0 saturated carbocycles. The summed E-state index contributed by atoms with van der Waals surface area (Å²) in [5.74, 6) is 0. The zero-order valence-corrected chi connectivity index (χ0v) is 8.19. The van der Waals surface area contributed by atoms with Crippen molar-refractivity contribution in [3.8, 4) is 0 Å². The van der Waals surface area contributed by atoms with Gasteiger partial charge in [-0.15, -0.1) is 0 Å². The third-order valence-electron chi connectivity index (χ3n) is 2.37. The molecule has 66 valence electrons. The first kappa shape index (κ1) is 9.01. The molecule has 1 N–H and O–H groups in total. The van der Waals surface area contributed by atoms with Gasteiger partial charge in [-0.05, 0) is 34.6 Å². The molecule has 0 radical (unpaired) electrons. The van der Waals surface area contributed by atoms with Gasteiger partial charge in [-0.1, -0.05) is 0 Å². The topological polar surface area (TPSA) is 21.3 Å². The van der Waals surface area contributed by atoms with Gasteiger partial charge in [0.1, 0.15) is 0 Å². The molecule has 0 spiro atoms. The van der Waals surface area contributed by atoms with Crippen molar-refractivity contribution in [2.45, 2.75) is 51.8 Å². The lowest BCUT2D eigenvalue weighted by atomic mass is 9.90. The average molecular weight is 157 g/mol. The summed E-state index contributed by atoms with van der Waals surface area (Å²) in [5.41, 5.74) is 0.220. The molecule has 11 heavy (non-hydrogen) atoms. The van der Waals surface area contributed by atoms with Crippen LogP contribution in [0.2, 0.25) is 0 Å². The highest BCUT2D eigenvalue weighted by Gasteiger charge is 2.37. The first-order chi connectivity index (χ1) is 4.83. The van der Waals surface area contributed by atoms with Crippen molar-refractivity contribution in [3.63, 3.8) is 0 Å². The lowest BCUT2D eigenvalue weighted by molar-refractivity contribution is -0.0733. The Bertz CT molecular complexity index is 152. The van der Waals surface area contributed by atoms with Gasteiger partial charge >= 0.3 is 0 Å². The Balaban J connectivity index is 2.67. The quantitative estimate of drug-likeness (QED) is 0.576. The number of hydrogen-bond donors (Lipinski definition) is 1. The van der Waals surface area contributed by atoms with Crippen molar-refractivity contribution >= 4 is 0 Å². The first-order valence-electron chi connectivity index (χ1n) is 4.24. The summed E-state index contributed by atoms with van der Waals surface area (Å²) >= 11 is 0. The van der Waals surface area contributed by atoms with Crippen LogP contribution in [0.4, 0.5) is 0 Å². The lowest BCUT2D eigenvalue weighted by Gasteiger charge is -2.46. The largest absolute Gasteiger partial charge is 0.375 e. The van der Waals surface area contributed by atoms with Gasteiger partial charge in [-0.3, -0.25) is 0 Å². The van der Waals surface area contributed by atoms with Gasteiger partial charge in [-0.25, -0.2) is 0 Å². The maximum Gasteiger partial charge on any atom is 0.0724 e. The molecule has 0 aromatic carbocycles. The highest BCUT2D eigenvalue weighted by Crippen LogP contribution is 2.23. The third-order valence-corrected chi connectivity index (χ3v) is 2.37. The van der Waals surface area contributed by atoms with Crippen LogP contribution in [0.15, 0.2) is 0 Å². The molecule has 1 aliphatic heterocycles. The molecule has 0 aromatic heterocycles. The van der Waals surface area contributed by atoms with E-state index in [1.54, 1.807) is 0 Å². The fourth-order valence-electron chi connectivity index (χ4n) is 1.55. The molecule has 1 heterocycles. The SMILES string of the molecule is CC1OCC(C)(C)NC1(C)C. The van der Waals surface area contributed by atoms with E-state index < -0.39 is 0 Å². The maximum atomic E-state index is 5.65. The van der Waals surface area contributed by atoms with Crippen molar-refractivity contribution < 1.29 is 4.74 Å². The zero-order valence-electron chi connectivity index (χ0n) is 8.19. The summed E-state index contributed by atoms with van der Waals surface area (Å²) in [4.78, 5) is 0. The average Bonchev–Trinajstić information content (AvgIpc) is 1.77. The van der Waals surface area contributed by atoms with Crippen molar-refractivity contribution in [1.82, 2.24) is 5.32 Å². The van der Waals surface area contributed by atoms with E-state index in [1.165, 1.54) is 0 Å². The van der Waals surface area contributed by atoms with E-state index in [9.17, 15) is 0 Å². The minimum absolute atomic E-state index is 0.0990. The minimum Gasteiger partial charge on any atom is -0.375 e. The van der Waals surface area contributed by atoms with E-state index in [2.05, 4.69) is 39.9 Å². The summed E-state index contributed by atoms with van der Waals surface area (Å²) in [6.07, 6.45) is 0.301. The molecule has 0 bridgehead atoms. The summed E-state index contributed by atoms with van der Waals surface area (Å²) in [5, 5.41) is 3.56. The van der Waals surface area contributed by atoms with Gasteiger partial charge in [0, 0.05) is 11.1 Å². The first-order valence-corrected chi connectivity index (χ1v) is 4.24. The molecule has 1 rings (SSSR count). The van der Waals surface area contributed by atoms with E-state index in [0.717, 1.165) is 6.61 Å². The summed E-state index contributed by atoms with van der Waals surface area (Å²) in [7, 11) is 0. The van der Waals surface area contributed by atoms with Gasteiger partial charge in [0.05, 0.1) is 12.7 Å². The fraction of sp³-hybridized carbons (Fsp3) is 1.00. The van der Waals surface area contributed by atoms with Gasteiger partial charge in [0.25, 0.3) is 0 Å². The van der Waals surface area contributed by atoms with Crippen molar-refractivity contribution in [2.75, 3.05) is 6.61 Å². The van der Waals surface area contributed by atoms with Crippen molar-refractivity contribution in [3.05, 3.63) is 0 Å².